The van der Waals surface area contributed by atoms with E-state index in [-0.39, 0.29) is 5.91 Å². The van der Waals surface area contributed by atoms with Crippen LogP contribution in [0.2, 0.25) is 0 Å². The zero-order chi connectivity index (χ0) is 13.7. The Bertz CT molecular complexity index is 487. The summed E-state index contributed by atoms with van der Waals surface area (Å²) in [7, 11) is 0. The van der Waals surface area contributed by atoms with E-state index in [0.717, 1.165) is 25.9 Å². The third-order valence-corrected chi connectivity index (χ3v) is 3.33. The lowest BCUT2D eigenvalue weighted by atomic mass is 10.1. The number of likely N-dealkylation sites (tertiary alicyclic amines) is 1. The molecule has 1 unspecified atom stereocenters. The first kappa shape index (κ1) is 13.4. The van der Waals surface area contributed by atoms with Crippen molar-refractivity contribution in [1.29, 1.82) is 5.26 Å². The van der Waals surface area contributed by atoms with Crippen molar-refractivity contribution in [2.75, 3.05) is 13.1 Å². The molecule has 0 radical (unpaired) electrons. The van der Waals surface area contributed by atoms with Crippen LogP contribution in [-0.2, 0) is 4.79 Å². The average Bonchev–Trinajstić information content (AvgIpc) is 2.48. The molecule has 1 fully saturated rings. The molecule has 1 amide bonds. The third kappa shape index (κ3) is 3.25. The second-order valence-corrected chi connectivity index (χ2v) is 4.75. The van der Waals surface area contributed by atoms with Crippen molar-refractivity contribution in [2.24, 2.45) is 0 Å². The summed E-state index contributed by atoms with van der Waals surface area (Å²) in [6.45, 7) is 3.37. The molecule has 0 saturated carbocycles. The molecule has 1 aromatic carbocycles. The normalized spacial score (nSPS) is 16.5. The van der Waals surface area contributed by atoms with Crippen LogP contribution < -0.4 is 4.74 Å². The maximum atomic E-state index is 12.2. The van der Waals surface area contributed by atoms with Crippen LogP contribution >= 0.6 is 0 Å². The number of carbonyl (C=O) groups excluding carboxylic acids is 1. The fourth-order valence-corrected chi connectivity index (χ4v) is 2.27. The van der Waals surface area contributed by atoms with Gasteiger partial charge in [0, 0.05) is 13.1 Å². The summed E-state index contributed by atoms with van der Waals surface area (Å²) in [4.78, 5) is 14.1. The van der Waals surface area contributed by atoms with Crippen LogP contribution in [0.5, 0.6) is 5.75 Å². The molecule has 0 N–H and O–H groups in total. The molecule has 4 nitrogen and oxygen atoms in total. The van der Waals surface area contributed by atoms with Gasteiger partial charge in [-0.1, -0.05) is 12.1 Å². The second-order valence-electron chi connectivity index (χ2n) is 4.75. The first-order chi connectivity index (χ1) is 9.22. The minimum atomic E-state index is -0.549. The molecular formula is C15H18N2O2. The number of carbonyl (C=O) groups is 1. The Hall–Kier alpha value is -2.02. The Balaban J connectivity index is 2.02. The van der Waals surface area contributed by atoms with Crippen LogP contribution in [0.4, 0.5) is 0 Å². The largest absolute Gasteiger partial charge is 0.480 e. The van der Waals surface area contributed by atoms with Gasteiger partial charge < -0.3 is 9.64 Å². The molecule has 0 aliphatic carbocycles. The highest BCUT2D eigenvalue weighted by atomic mass is 16.5. The van der Waals surface area contributed by atoms with Crippen LogP contribution in [0.3, 0.4) is 0 Å². The number of piperidine rings is 1. The van der Waals surface area contributed by atoms with E-state index in [0.29, 0.717) is 11.3 Å². The summed E-state index contributed by atoms with van der Waals surface area (Å²) in [6.07, 6.45) is 2.77. The number of nitrogens with zero attached hydrogens (tertiary/aromatic N) is 2. The first-order valence-corrected chi connectivity index (χ1v) is 6.67. The van der Waals surface area contributed by atoms with Crippen LogP contribution in [0.15, 0.2) is 24.3 Å². The topological polar surface area (TPSA) is 53.3 Å². The van der Waals surface area contributed by atoms with Gasteiger partial charge in [-0.25, -0.2) is 0 Å². The van der Waals surface area contributed by atoms with Gasteiger partial charge >= 0.3 is 0 Å². The molecule has 1 aromatic rings. The number of para-hydroxylation sites is 1. The number of benzene rings is 1. The van der Waals surface area contributed by atoms with Crippen molar-refractivity contribution in [2.45, 2.75) is 32.3 Å². The number of nitriles is 1. The Morgan fingerprint density at radius 1 is 1.32 bits per heavy atom. The molecule has 4 heteroatoms. The predicted molar refractivity (Wildman–Crippen MR) is 71.7 cm³/mol. The van der Waals surface area contributed by atoms with Gasteiger partial charge in [0.1, 0.15) is 11.8 Å². The minimum absolute atomic E-state index is 0.00689. The van der Waals surface area contributed by atoms with E-state index < -0.39 is 6.10 Å². The molecule has 1 aliphatic heterocycles. The molecule has 100 valence electrons. The quantitative estimate of drug-likeness (QED) is 0.836. The van der Waals surface area contributed by atoms with Gasteiger partial charge in [0.2, 0.25) is 0 Å². The molecule has 1 saturated heterocycles. The van der Waals surface area contributed by atoms with Gasteiger partial charge in [-0.3, -0.25) is 4.79 Å². The van der Waals surface area contributed by atoms with Gasteiger partial charge in [0.25, 0.3) is 5.91 Å². The highest BCUT2D eigenvalue weighted by Gasteiger charge is 2.23. The van der Waals surface area contributed by atoms with Crippen molar-refractivity contribution >= 4 is 5.91 Å². The zero-order valence-electron chi connectivity index (χ0n) is 11.1. The SMILES string of the molecule is CC(Oc1ccccc1C#N)C(=O)N1CCCCC1. The molecule has 1 atom stereocenters. The predicted octanol–water partition coefficient (Wildman–Crippen LogP) is 2.34. The van der Waals surface area contributed by atoms with Gasteiger partial charge in [-0.15, -0.1) is 0 Å². The van der Waals surface area contributed by atoms with Crippen molar-refractivity contribution in [3.8, 4) is 11.8 Å². The molecule has 1 heterocycles. The van der Waals surface area contributed by atoms with E-state index in [1.54, 1.807) is 31.2 Å². The Morgan fingerprint density at radius 3 is 2.68 bits per heavy atom. The van der Waals surface area contributed by atoms with Crippen molar-refractivity contribution in [3.05, 3.63) is 29.8 Å². The van der Waals surface area contributed by atoms with Gasteiger partial charge in [0.05, 0.1) is 5.56 Å². The Morgan fingerprint density at radius 2 is 2.00 bits per heavy atom. The molecule has 19 heavy (non-hydrogen) atoms. The Kier molecular flexibility index (Phi) is 4.40. The van der Waals surface area contributed by atoms with E-state index in [1.807, 2.05) is 4.90 Å². The maximum absolute atomic E-state index is 12.2. The third-order valence-electron chi connectivity index (χ3n) is 3.33. The zero-order valence-corrected chi connectivity index (χ0v) is 11.1. The minimum Gasteiger partial charge on any atom is -0.480 e. The van der Waals surface area contributed by atoms with Crippen molar-refractivity contribution in [3.63, 3.8) is 0 Å². The summed E-state index contributed by atoms with van der Waals surface area (Å²) >= 11 is 0. The van der Waals surface area contributed by atoms with E-state index in [4.69, 9.17) is 10.00 Å². The summed E-state index contributed by atoms with van der Waals surface area (Å²) < 4.78 is 5.64. The first-order valence-electron chi connectivity index (χ1n) is 6.67. The molecule has 0 aromatic heterocycles. The number of rotatable bonds is 3. The second kappa shape index (κ2) is 6.24. The summed E-state index contributed by atoms with van der Waals surface area (Å²) in [5, 5.41) is 8.99. The number of hydrogen-bond donors (Lipinski definition) is 0. The average molecular weight is 258 g/mol. The van der Waals surface area contributed by atoms with E-state index in [9.17, 15) is 4.79 Å². The van der Waals surface area contributed by atoms with Crippen molar-refractivity contribution in [1.82, 2.24) is 4.90 Å². The standard InChI is InChI=1S/C15H18N2O2/c1-12(15(18)17-9-5-2-6-10-17)19-14-8-4-3-7-13(14)11-16/h3-4,7-8,12H,2,5-6,9-10H2,1H3. The molecule has 2 rings (SSSR count). The Labute approximate surface area is 113 Å². The van der Waals surface area contributed by atoms with Crippen LogP contribution in [-0.4, -0.2) is 30.0 Å². The van der Waals surface area contributed by atoms with Crippen LogP contribution in [0, 0.1) is 11.3 Å². The molecule has 1 aliphatic rings. The van der Waals surface area contributed by atoms with E-state index in [2.05, 4.69) is 6.07 Å². The maximum Gasteiger partial charge on any atom is 0.263 e. The summed E-state index contributed by atoms with van der Waals surface area (Å²) in [5.74, 6) is 0.482. The number of amides is 1. The van der Waals surface area contributed by atoms with Gasteiger partial charge in [-0.2, -0.15) is 5.26 Å². The molecule has 0 spiro atoms. The summed E-state index contributed by atoms with van der Waals surface area (Å²) in [5.41, 5.74) is 0.459. The number of ether oxygens (including phenoxy) is 1. The fraction of sp³-hybridized carbons (Fsp3) is 0.467. The summed E-state index contributed by atoms with van der Waals surface area (Å²) in [6, 6.07) is 9.06. The highest BCUT2D eigenvalue weighted by Crippen LogP contribution is 2.19. The monoisotopic (exact) mass is 258 g/mol. The number of hydrogen-bond acceptors (Lipinski definition) is 3. The lowest BCUT2D eigenvalue weighted by Crippen LogP contribution is -2.43. The van der Waals surface area contributed by atoms with Crippen LogP contribution in [0.25, 0.3) is 0 Å². The van der Waals surface area contributed by atoms with Crippen LogP contribution in [0.1, 0.15) is 31.7 Å². The molecular weight excluding hydrogens is 240 g/mol. The van der Waals surface area contributed by atoms with Gasteiger partial charge in [-0.05, 0) is 38.3 Å². The lowest BCUT2D eigenvalue weighted by molar-refractivity contribution is -0.138. The smallest absolute Gasteiger partial charge is 0.263 e. The lowest BCUT2D eigenvalue weighted by Gasteiger charge is -2.29. The van der Waals surface area contributed by atoms with Crippen molar-refractivity contribution < 1.29 is 9.53 Å². The fourth-order valence-electron chi connectivity index (χ4n) is 2.27. The van der Waals surface area contributed by atoms with Gasteiger partial charge in [0.15, 0.2) is 6.10 Å². The highest BCUT2D eigenvalue weighted by molar-refractivity contribution is 5.81. The van der Waals surface area contributed by atoms with E-state index >= 15 is 0 Å². The van der Waals surface area contributed by atoms with E-state index in [1.165, 1.54) is 6.42 Å². The molecule has 0 bridgehead atoms.